The summed E-state index contributed by atoms with van der Waals surface area (Å²) in [4.78, 5) is 16.7. The number of nitrogen functional groups attached to an aromatic ring is 1. The Bertz CT molecular complexity index is 703. The lowest BCUT2D eigenvalue weighted by molar-refractivity contribution is 0.997. The summed E-state index contributed by atoms with van der Waals surface area (Å²) in [5.74, 6) is 1.44. The highest BCUT2D eigenvalue weighted by atomic mass is 15.1. The molecule has 18 heavy (non-hydrogen) atoms. The van der Waals surface area contributed by atoms with E-state index in [9.17, 15) is 0 Å². The zero-order valence-electron chi connectivity index (χ0n) is 9.83. The third kappa shape index (κ3) is 1.86. The predicted molar refractivity (Wildman–Crippen MR) is 69.7 cm³/mol. The number of benzene rings is 1. The molecule has 5 nitrogen and oxygen atoms in total. The Labute approximate surface area is 104 Å². The fourth-order valence-electron chi connectivity index (χ4n) is 1.85. The number of fused-ring (bicyclic) bond motifs is 1. The summed E-state index contributed by atoms with van der Waals surface area (Å²) in [6.07, 6.45) is 1.77. The molecule has 0 aliphatic rings. The van der Waals surface area contributed by atoms with Crippen molar-refractivity contribution >= 4 is 16.9 Å². The van der Waals surface area contributed by atoms with Crippen LogP contribution in [0.4, 0.5) is 5.95 Å². The minimum Gasteiger partial charge on any atom is -0.368 e. The molecule has 0 saturated carbocycles. The summed E-state index contributed by atoms with van der Waals surface area (Å²) in [7, 11) is 0. The Morgan fingerprint density at radius 3 is 2.78 bits per heavy atom. The van der Waals surface area contributed by atoms with Gasteiger partial charge >= 0.3 is 0 Å². The van der Waals surface area contributed by atoms with Gasteiger partial charge in [-0.2, -0.15) is 9.97 Å². The number of anilines is 1. The van der Waals surface area contributed by atoms with Crippen molar-refractivity contribution in [3.63, 3.8) is 0 Å². The first-order valence-corrected chi connectivity index (χ1v) is 5.56. The Morgan fingerprint density at radius 2 is 1.94 bits per heavy atom. The van der Waals surface area contributed by atoms with E-state index in [1.807, 2.05) is 30.3 Å². The van der Waals surface area contributed by atoms with Gasteiger partial charge in [-0.25, -0.2) is 4.98 Å². The number of aromatic nitrogens is 4. The fraction of sp³-hybridized carbons (Fsp3) is 0.0769. The van der Waals surface area contributed by atoms with Gasteiger partial charge in [-0.15, -0.1) is 0 Å². The van der Waals surface area contributed by atoms with Gasteiger partial charge in [0.05, 0.1) is 5.52 Å². The van der Waals surface area contributed by atoms with Crippen molar-refractivity contribution in [2.24, 2.45) is 0 Å². The van der Waals surface area contributed by atoms with Crippen LogP contribution in [0.1, 0.15) is 5.82 Å². The van der Waals surface area contributed by atoms with Crippen LogP contribution >= 0.6 is 0 Å². The van der Waals surface area contributed by atoms with Crippen LogP contribution in [0.3, 0.4) is 0 Å². The van der Waals surface area contributed by atoms with Crippen molar-refractivity contribution < 1.29 is 0 Å². The van der Waals surface area contributed by atoms with E-state index in [1.54, 1.807) is 13.1 Å². The molecule has 2 aromatic heterocycles. The van der Waals surface area contributed by atoms with Crippen molar-refractivity contribution in [3.8, 4) is 11.4 Å². The molecule has 0 amide bonds. The van der Waals surface area contributed by atoms with Crippen molar-refractivity contribution in [2.75, 3.05) is 5.73 Å². The normalized spacial score (nSPS) is 10.7. The number of rotatable bonds is 1. The van der Waals surface area contributed by atoms with E-state index in [0.717, 1.165) is 16.5 Å². The first-order chi connectivity index (χ1) is 8.72. The van der Waals surface area contributed by atoms with Crippen LogP contribution in [0.25, 0.3) is 22.3 Å². The number of aryl methyl sites for hydroxylation is 1. The van der Waals surface area contributed by atoms with Crippen LogP contribution < -0.4 is 5.73 Å². The molecule has 88 valence electrons. The molecule has 2 N–H and O–H groups in total. The maximum absolute atomic E-state index is 5.63. The monoisotopic (exact) mass is 237 g/mol. The van der Waals surface area contributed by atoms with Gasteiger partial charge in [0.25, 0.3) is 0 Å². The van der Waals surface area contributed by atoms with E-state index in [0.29, 0.717) is 11.6 Å². The third-order valence-electron chi connectivity index (χ3n) is 2.63. The van der Waals surface area contributed by atoms with Gasteiger partial charge in [0, 0.05) is 17.1 Å². The van der Waals surface area contributed by atoms with Crippen molar-refractivity contribution in [1.29, 1.82) is 0 Å². The highest BCUT2D eigenvalue weighted by Crippen LogP contribution is 2.20. The molecule has 0 fully saturated rings. The van der Waals surface area contributed by atoms with Gasteiger partial charge in [0.2, 0.25) is 5.95 Å². The summed E-state index contributed by atoms with van der Waals surface area (Å²) in [5.41, 5.74) is 7.49. The van der Waals surface area contributed by atoms with Crippen LogP contribution in [0.2, 0.25) is 0 Å². The summed E-state index contributed by atoms with van der Waals surface area (Å²) in [6.45, 7) is 1.80. The average molecular weight is 237 g/mol. The first kappa shape index (κ1) is 10.6. The first-order valence-electron chi connectivity index (χ1n) is 5.56. The standard InChI is InChI=1S/C13H11N5/c1-8-16-12(18-13(14)17-8)10-4-5-11-9(7-10)3-2-6-15-11/h2-7H,1H3,(H2,14,16,17,18). The second-order valence-electron chi connectivity index (χ2n) is 3.98. The topological polar surface area (TPSA) is 77.6 Å². The second kappa shape index (κ2) is 4.03. The summed E-state index contributed by atoms with van der Waals surface area (Å²) < 4.78 is 0. The molecule has 0 atom stereocenters. The van der Waals surface area contributed by atoms with Crippen LogP contribution in [-0.4, -0.2) is 19.9 Å². The van der Waals surface area contributed by atoms with E-state index < -0.39 is 0 Å². The SMILES string of the molecule is Cc1nc(N)nc(-c2ccc3ncccc3c2)n1. The number of nitrogens with two attached hydrogens (primary N) is 1. The van der Waals surface area contributed by atoms with Gasteiger partial charge in [0.15, 0.2) is 5.82 Å². The van der Waals surface area contributed by atoms with Gasteiger partial charge < -0.3 is 5.73 Å². The Morgan fingerprint density at radius 1 is 1.06 bits per heavy atom. The van der Waals surface area contributed by atoms with E-state index in [2.05, 4.69) is 19.9 Å². The van der Waals surface area contributed by atoms with Gasteiger partial charge in [0.1, 0.15) is 5.82 Å². The highest BCUT2D eigenvalue weighted by Gasteiger charge is 2.05. The van der Waals surface area contributed by atoms with Crippen LogP contribution in [0.15, 0.2) is 36.5 Å². The molecule has 0 spiro atoms. The molecule has 0 aliphatic carbocycles. The van der Waals surface area contributed by atoms with Gasteiger partial charge in [-0.1, -0.05) is 6.07 Å². The van der Waals surface area contributed by atoms with E-state index in [4.69, 9.17) is 5.73 Å². The Hall–Kier alpha value is -2.56. The minimum absolute atomic E-state index is 0.240. The average Bonchev–Trinajstić information content (AvgIpc) is 2.37. The molecule has 3 aromatic rings. The lowest BCUT2D eigenvalue weighted by atomic mass is 10.1. The quantitative estimate of drug-likeness (QED) is 0.700. The highest BCUT2D eigenvalue weighted by molar-refractivity contribution is 5.83. The third-order valence-corrected chi connectivity index (χ3v) is 2.63. The van der Waals surface area contributed by atoms with Crippen LogP contribution in [-0.2, 0) is 0 Å². The summed E-state index contributed by atoms with van der Waals surface area (Å²) >= 11 is 0. The molecule has 0 aliphatic heterocycles. The lowest BCUT2D eigenvalue weighted by Crippen LogP contribution is -2.01. The van der Waals surface area contributed by atoms with Crippen LogP contribution in [0.5, 0.6) is 0 Å². The van der Waals surface area contributed by atoms with Crippen LogP contribution in [0, 0.1) is 6.92 Å². The molecule has 0 unspecified atom stereocenters. The molecule has 0 saturated heterocycles. The molecule has 2 heterocycles. The summed E-state index contributed by atoms with van der Waals surface area (Å²) in [5, 5.41) is 1.05. The molecule has 0 bridgehead atoms. The minimum atomic E-state index is 0.240. The molecular formula is C13H11N5. The van der Waals surface area contributed by atoms with Crippen molar-refractivity contribution in [2.45, 2.75) is 6.92 Å². The van der Waals surface area contributed by atoms with E-state index in [-0.39, 0.29) is 5.95 Å². The smallest absolute Gasteiger partial charge is 0.223 e. The maximum Gasteiger partial charge on any atom is 0.223 e. The zero-order chi connectivity index (χ0) is 12.5. The fourth-order valence-corrected chi connectivity index (χ4v) is 1.85. The number of nitrogens with zero attached hydrogens (tertiary/aromatic N) is 4. The van der Waals surface area contributed by atoms with E-state index in [1.165, 1.54) is 0 Å². The number of hydrogen-bond acceptors (Lipinski definition) is 5. The predicted octanol–water partition coefficient (Wildman–Crippen LogP) is 1.98. The largest absolute Gasteiger partial charge is 0.368 e. The number of hydrogen-bond donors (Lipinski definition) is 1. The zero-order valence-corrected chi connectivity index (χ0v) is 9.83. The van der Waals surface area contributed by atoms with E-state index >= 15 is 0 Å². The lowest BCUT2D eigenvalue weighted by Gasteiger charge is -2.03. The number of pyridine rings is 1. The molecule has 1 aromatic carbocycles. The molecule has 3 rings (SSSR count). The van der Waals surface area contributed by atoms with Crippen molar-refractivity contribution in [3.05, 3.63) is 42.4 Å². The molecule has 5 heteroatoms. The van der Waals surface area contributed by atoms with Gasteiger partial charge in [-0.3, -0.25) is 4.98 Å². The summed E-state index contributed by atoms with van der Waals surface area (Å²) in [6, 6.07) is 9.78. The second-order valence-corrected chi connectivity index (χ2v) is 3.98. The van der Waals surface area contributed by atoms with Crippen molar-refractivity contribution in [1.82, 2.24) is 19.9 Å². The van der Waals surface area contributed by atoms with Gasteiger partial charge in [-0.05, 0) is 31.2 Å². The molecular weight excluding hydrogens is 226 g/mol. The Kier molecular flexibility index (Phi) is 2.37. The molecule has 0 radical (unpaired) electrons. The maximum atomic E-state index is 5.63. The Balaban J connectivity index is 2.19.